The molecule has 2 rings (SSSR count). The van der Waals surface area contributed by atoms with Gasteiger partial charge < -0.3 is 5.21 Å². The van der Waals surface area contributed by atoms with Crippen LogP contribution in [0.1, 0.15) is 12.8 Å². The summed E-state index contributed by atoms with van der Waals surface area (Å²) < 4.78 is 0. The number of nitrogens with one attached hydrogen (secondary N) is 1. The van der Waals surface area contributed by atoms with Gasteiger partial charge in [-0.3, -0.25) is 4.79 Å². The molecule has 0 aromatic heterocycles. The number of Topliss-reactive ketones (excluding diaryl/α,β-unsaturated/α-hetero) is 1. The van der Waals surface area contributed by atoms with Crippen molar-refractivity contribution in [2.45, 2.75) is 18.9 Å². The lowest BCUT2D eigenvalue weighted by molar-refractivity contribution is -0.125. The summed E-state index contributed by atoms with van der Waals surface area (Å²) in [4.78, 5) is 11.5. The number of hydrogen-bond acceptors (Lipinski definition) is 3. The number of fused-ring (bicyclic) bond motifs is 1. The van der Waals surface area contributed by atoms with Crippen LogP contribution in [0.3, 0.4) is 0 Å². The molecule has 0 heterocycles. The monoisotopic (exact) mass is 179 g/mol. The summed E-state index contributed by atoms with van der Waals surface area (Å²) in [6.45, 7) is 0. The van der Waals surface area contributed by atoms with Crippen molar-refractivity contribution in [3.63, 3.8) is 0 Å². The summed E-state index contributed by atoms with van der Waals surface area (Å²) in [5.41, 5.74) is 2.29. The molecule has 70 valence electrons. The van der Waals surface area contributed by atoms with Crippen LogP contribution in [0, 0.1) is 11.8 Å². The Kier molecular flexibility index (Phi) is 2.29. The number of allylic oxidation sites excluding steroid dienone is 3. The lowest BCUT2D eigenvalue weighted by Crippen LogP contribution is -2.44. The van der Waals surface area contributed by atoms with E-state index in [0.29, 0.717) is 6.42 Å². The van der Waals surface area contributed by atoms with E-state index in [0.717, 1.165) is 6.42 Å². The molecular formula is C10H13NO2. The second kappa shape index (κ2) is 3.44. The van der Waals surface area contributed by atoms with Gasteiger partial charge in [-0.15, -0.1) is 0 Å². The summed E-state index contributed by atoms with van der Waals surface area (Å²) in [6.07, 6.45) is 9.06. The van der Waals surface area contributed by atoms with Gasteiger partial charge in [0.2, 0.25) is 0 Å². The molecule has 3 heteroatoms. The smallest absolute Gasteiger partial charge is 0.140 e. The second-order valence-electron chi connectivity index (χ2n) is 3.61. The average molecular weight is 179 g/mol. The summed E-state index contributed by atoms with van der Waals surface area (Å²) in [5, 5.41) is 8.90. The van der Waals surface area contributed by atoms with Crippen molar-refractivity contribution in [3.05, 3.63) is 24.3 Å². The highest BCUT2D eigenvalue weighted by Gasteiger charge is 2.35. The van der Waals surface area contributed by atoms with Gasteiger partial charge in [0.25, 0.3) is 0 Å². The van der Waals surface area contributed by atoms with Crippen molar-refractivity contribution in [1.82, 2.24) is 5.48 Å². The van der Waals surface area contributed by atoms with E-state index in [9.17, 15) is 4.79 Å². The molecule has 1 saturated carbocycles. The summed E-state index contributed by atoms with van der Waals surface area (Å²) >= 11 is 0. The van der Waals surface area contributed by atoms with Crippen molar-refractivity contribution >= 4 is 5.78 Å². The highest BCUT2D eigenvalue weighted by molar-refractivity contribution is 5.84. The fraction of sp³-hybridized carbons (Fsp3) is 0.500. The van der Waals surface area contributed by atoms with Gasteiger partial charge in [0.1, 0.15) is 5.78 Å². The summed E-state index contributed by atoms with van der Waals surface area (Å²) in [7, 11) is 0. The van der Waals surface area contributed by atoms with Crippen LogP contribution in [0.4, 0.5) is 0 Å². The van der Waals surface area contributed by atoms with Crippen LogP contribution in [-0.4, -0.2) is 17.0 Å². The van der Waals surface area contributed by atoms with Crippen LogP contribution in [0.2, 0.25) is 0 Å². The Balaban J connectivity index is 2.21. The topological polar surface area (TPSA) is 49.3 Å². The molecule has 1 fully saturated rings. The quantitative estimate of drug-likeness (QED) is 0.592. The zero-order valence-corrected chi connectivity index (χ0v) is 7.31. The van der Waals surface area contributed by atoms with Crippen molar-refractivity contribution in [3.8, 4) is 0 Å². The molecule has 0 aliphatic heterocycles. The molecule has 0 bridgehead atoms. The van der Waals surface area contributed by atoms with Gasteiger partial charge in [-0.05, 0) is 6.42 Å². The minimum absolute atomic E-state index is 0.0246. The van der Waals surface area contributed by atoms with Crippen LogP contribution in [0.5, 0.6) is 0 Å². The fourth-order valence-corrected chi connectivity index (χ4v) is 2.14. The molecule has 0 radical (unpaired) electrons. The Hall–Kier alpha value is -0.930. The molecule has 3 atom stereocenters. The summed E-state index contributed by atoms with van der Waals surface area (Å²) in [6, 6.07) is 0.0314. The van der Waals surface area contributed by atoms with E-state index < -0.39 is 0 Å². The van der Waals surface area contributed by atoms with E-state index in [1.54, 1.807) is 0 Å². The van der Waals surface area contributed by atoms with Crippen molar-refractivity contribution in [1.29, 1.82) is 0 Å². The van der Waals surface area contributed by atoms with E-state index in [4.69, 9.17) is 5.21 Å². The van der Waals surface area contributed by atoms with Crippen molar-refractivity contribution < 1.29 is 10.0 Å². The maximum Gasteiger partial charge on any atom is 0.140 e. The lowest BCUT2D eigenvalue weighted by Gasteiger charge is -2.34. The molecule has 0 aromatic carbocycles. The van der Waals surface area contributed by atoms with E-state index in [1.807, 2.05) is 24.3 Å². The molecule has 0 aromatic rings. The van der Waals surface area contributed by atoms with E-state index in [1.165, 1.54) is 0 Å². The Morgan fingerprint density at radius 2 is 2.15 bits per heavy atom. The van der Waals surface area contributed by atoms with Gasteiger partial charge in [0, 0.05) is 24.3 Å². The molecule has 13 heavy (non-hydrogen) atoms. The van der Waals surface area contributed by atoms with Crippen LogP contribution in [-0.2, 0) is 4.79 Å². The molecule has 0 spiro atoms. The maximum atomic E-state index is 11.5. The van der Waals surface area contributed by atoms with Crippen molar-refractivity contribution in [2.24, 2.45) is 11.8 Å². The first-order valence-corrected chi connectivity index (χ1v) is 4.60. The fourth-order valence-electron chi connectivity index (χ4n) is 2.14. The van der Waals surface area contributed by atoms with Gasteiger partial charge in [-0.1, -0.05) is 24.3 Å². The Labute approximate surface area is 77.1 Å². The molecule has 0 amide bonds. The Morgan fingerprint density at radius 1 is 1.38 bits per heavy atom. The van der Waals surface area contributed by atoms with Crippen LogP contribution >= 0.6 is 0 Å². The van der Waals surface area contributed by atoms with Gasteiger partial charge in [0.05, 0.1) is 0 Å². The summed E-state index contributed by atoms with van der Waals surface area (Å²) in [5.74, 6) is 0.400. The zero-order valence-electron chi connectivity index (χ0n) is 7.31. The largest absolute Gasteiger partial charge is 0.317 e. The highest BCUT2D eigenvalue weighted by Crippen LogP contribution is 2.31. The predicted molar refractivity (Wildman–Crippen MR) is 48.2 cm³/mol. The number of ketones is 1. The third-order valence-electron chi connectivity index (χ3n) is 2.88. The Morgan fingerprint density at radius 3 is 2.92 bits per heavy atom. The third kappa shape index (κ3) is 1.45. The highest BCUT2D eigenvalue weighted by atomic mass is 16.5. The minimum atomic E-state index is -0.0246. The number of carbonyl (C=O) groups is 1. The van der Waals surface area contributed by atoms with Gasteiger partial charge in [-0.25, -0.2) is 5.48 Å². The van der Waals surface area contributed by atoms with Crippen LogP contribution < -0.4 is 5.48 Å². The predicted octanol–water partition coefficient (Wildman–Crippen LogP) is 1.06. The first-order chi connectivity index (χ1) is 6.33. The van der Waals surface area contributed by atoms with E-state index in [-0.39, 0.29) is 23.7 Å². The molecule has 3 nitrogen and oxygen atoms in total. The maximum absolute atomic E-state index is 11.5. The average Bonchev–Trinajstić information content (AvgIpc) is 2.19. The standard InChI is InChI=1S/C10H13NO2/c12-10-6-5-9(11-13)7-3-1-2-4-8(7)10/h1-4,7-9,11,13H,5-6H2. The molecule has 3 unspecified atom stereocenters. The number of rotatable bonds is 1. The Bertz CT molecular complexity index is 270. The SMILES string of the molecule is O=C1CCC(NO)C2C=CC=CC12. The zero-order chi connectivity index (χ0) is 9.26. The van der Waals surface area contributed by atoms with Gasteiger partial charge in [0.15, 0.2) is 0 Å². The van der Waals surface area contributed by atoms with E-state index >= 15 is 0 Å². The van der Waals surface area contributed by atoms with Gasteiger partial charge >= 0.3 is 0 Å². The lowest BCUT2D eigenvalue weighted by atomic mass is 9.73. The molecule has 2 aliphatic carbocycles. The van der Waals surface area contributed by atoms with Crippen molar-refractivity contribution in [2.75, 3.05) is 0 Å². The molecular weight excluding hydrogens is 166 g/mol. The van der Waals surface area contributed by atoms with Gasteiger partial charge in [-0.2, -0.15) is 0 Å². The second-order valence-corrected chi connectivity index (χ2v) is 3.61. The normalized spacial score (nSPS) is 37.6. The van der Waals surface area contributed by atoms with Crippen LogP contribution in [0.15, 0.2) is 24.3 Å². The number of hydrogen-bond donors (Lipinski definition) is 2. The minimum Gasteiger partial charge on any atom is -0.317 e. The first-order valence-electron chi connectivity index (χ1n) is 4.60. The molecule has 2 aliphatic rings. The molecule has 2 N–H and O–H groups in total. The first kappa shape index (κ1) is 8.66. The number of carbonyl (C=O) groups excluding carboxylic acids is 1. The third-order valence-corrected chi connectivity index (χ3v) is 2.88. The number of hydroxylamine groups is 1. The van der Waals surface area contributed by atoms with E-state index in [2.05, 4.69) is 5.48 Å². The van der Waals surface area contributed by atoms with Crippen LogP contribution in [0.25, 0.3) is 0 Å². The molecule has 0 saturated heterocycles.